The third kappa shape index (κ3) is 6.00. The highest BCUT2D eigenvalue weighted by Crippen LogP contribution is 2.27. The van der Waals surface area contributed by atoms with E-state index in [1.807, 2.05) is 24.3 Å². The SMILES string of the molecule is O=C(O)CCc1cccc(OCCOc2ccc(Cl)cc2Cl)c1. The Hall–Kier alpha value is -1.91. The summed E-state index contributed by atoms with van der Waals surface area (Å²) in [6, 6.07) is 12.4. The first-order chi connectivity index (χ1) is 11.0. The Kier molecular flexibility index (Phi) is 6.56. The van der Waals surface area contributed by atoms with Crippen molar-refractivity contribution in [2.45, 2.75) is 12.8 Å². The summed E-state index contributed by atoms with van der Waals surface area (Å²) in [5.41, 5.74) is 0.923. The maximum atomic E-state index is 10.6. The van der Waals surface area contributed by atoms with Gasteiger partial charge in [0.05, 0.1) is 5.02 Å². The van der Waals surface area contributed by atoms with Crippen LogP contribution >= 0.6 is 23.2 Å². The van der Waals surface area contributed by atoms with Gasteiger partial charge in [-0.1, -0.05) is 35.3 Å². The van der Waals surface area contributed by atoms with E-state index in [9.17, 15) is 4.79 Å². The van der Waals surface area contributed by atoms with Crippen LogP contribution < -0.4 is 9.47 Å². The number of carbonyl (C=O) groups is 1. The second-order valence-electron chi connectivity index (χ2n) is 4.81. The van der Waals surface area contributed by atoms with Crippen molar-refractivity contribution >= 4 is 29.2 Å². The fraction of sp³-hybridized carbons (Fsp3) is 0.235. The highest BCUT2D eigenvalue weighted by molar-refractivity contribution is 6.35. The highest BCUT2D eigenvalue weighted by atomic mass is 35.5. The van der Waals surface area contributed by atoms with Gasteiger partial charge in [0.2, 0.25) is 0 Å². The average Bonchev–Trinajstić information content (AvgIpc) is 2.51. The lowest BCUT2D eigenvalue weighted by Crippen LogP contribution is -2.09. The molecule has 2 aromatic carbocycles. The van der Waals surface area contributed by atoms with E-state index in [0.717, 1.165) is 5.56 Å². The van der Waals surface area contributed by atoms with Crippen LogP contribution in [0.2, 0.25) is 10.0 Å². The number of carboxylic acid groups (broad SMARTS) is 1. The second-order valence-corrected chi connectivity index (χ2v) is 5.66. The lowest BCUT2D eigenvalue weighted by molar-refractivity contribution is -0.136. The molecule has 122 valence electrons. The molecule has 6 heteroatoms. The topological polar surface area (TPSA) is 55.8 Å². The monoisotopic (exact) mass is 354 g/mol. The van der Waals surface area contributed by atoms with Crippen molar-refractivity contribution in [2.24, 2.45) is 0 Å². The quantitative estimate of drug-likeness (QED) is 0.710. The third-order valence-corrected chi connectivity index (χ3v) is 3.56. The lowest BCUT2D eigenvalue weighted by atomic mass is 10.1. The van der Waals surface area contributed by atoms with Gasteiger partial charge in [0.25, 0.3) is 0 Å². The van der Waals surface area contributed by atoms with Crippen molar-refractivity contribution < 1.29 is 19.4 Å². The predicted octanol–water partition coefficient (Wildman–Crippen LogP) is 4.47. The molecule has 0 fully saturated rings. The highest BCUT2D eigenvalue weighted by Gasteiger charge is 2.03. The molecular formula is C17H16Cl2O4. The number of ether oxygens (including phenoxy) is 2. The molecule has 23 heavy (non-hydrogen) atoms. The molecule has 0 saturated heterocycles. The van der Waals surface area contributed by atoms with Crippen molar-refractivity contribution in [2.75, 3.05) is 13.2 Å². The number of carboxylic acids is 1. The van der Waals surface area contributed by atoms with E-state index in [-0.39, 0.29) is 6.42 Å². The minimum absolute atomic E-state index is 0.0988. The predicted molar refractivity (Wildman–Crippen MR) is 89.9 cm³/mol. The largest absolute Gasteiger partial charge is 0.490 e. The average molecular weight is 355 g/mol. The molecular weight excluding hydrogens is 339 g/mol. The second kappa shape index (κ2) is 8.65. The molecule has 0 aliphatic heterocycles. The van der Waals surface area contributed by atoms with E-state index in [2.05, 4.69) is 0 Å². The van der Waals surface area contributed by atoms with Crippen molar-refractivity contribution in [3.8, 4) is 11.5 Å². The maximum absolute atomic E-state index is 10.6. The Labute approximate surface area is 144 Å². The van der Waals surface area contributed by atoms with Crippen molar-refractivity contribution in [3.05, 3.63) is 58.1 Å². The molecule has 0 bridgehead atoms. The number of aryl methyl sites for hydroxylation is 1. The number of halogens is 2. The van der Waals surface area contributed by atoms with Gasteiger partial charge in [0.15, 0.2) is 0 Å². The first-order valence-electron chi connectivity index (χ1n) is 7.06. The van der Waals surface area contributed by atoms with Gasteiger partial charge >= 0.3 is 5.97 Å². The van der Waals surface area contributed by atoms with Crippen LogP contribution in [0.25, 0.3) is 0 Å². The molecule has 0 amide bonds. The Morgan fingerprint density at radius 2 is 1.83 bits per heavy atom. The van der Waals surface area contributed by atoms with Crippen LogP contribution in [-0.4, -0.2) is 24.3 Å². The standard InChI is InChI=1S/C17H16Cl2O4/c18-13-5-6-16(15(19)11-13)23-9-8-22-14-3-1-2-12(10-14)4-7-17(20)21/h1-3,5-6,10-11H,4,7-9H2,(H,20,21). The number of hydrogen-bond donors (Lipinski definition) is 1. The summed E-state index contributed by atoms with van der Waals surface area (Å²) in [5, 5.41) is 9.70. The van der Waals surface area contributed by atoms with Crippen molar-refractivity contribution in [3.63, 3.8) is 0 Å². The van der Waals surface area contributed by atoms with Crippen molar-refractivity contribution in [1.29, 1.82) is 0 Å². The minimum atomic E-state index is -0.815. The van der Waals surface area contributed by atoms with Crippen LogP contribution in [0.15, 0.2) is 42.5 Å². The zero-order valence-corrected chi connectivity index (χ0v) is 13.8. The summed E-state index contributed by atoms with van der Waals surface area (Å²) in [5.74, 6) is 0.415. The molecule has 2 aromatic rings. The number of rotatable bonds is 8. The van der Waals surface area contributed by atoms with Crippen LogP contribution in [-0.2, 0) is 11.2 Å². The normalized spacial score (nSPS) is 10.3. The molecule has 0 atom stereocenters. The number of aliphatic carboxylic acids is 1. The number of benzene rings is 2. The molecule has 0 heterocycles. The van der Waals surface area contributed by atoms with E-state index in [0.29, 0.717) is 41.2 Å². The first kappa shape index (κ1) is 17.4. The lowest BCUT2D eigenvalue weighted by Gasteiger charge is -2.10. The van der Waals surface area contributed by atoms with Gasteiger partial charge in [-0.05, 0) is 42.3 Å². The Bertz CT molecular complexity index is 673. The fourth-order valence-electron chi connectivity index (χ4n) is 1.95. The Morgan fingerprint density at radius 1 is 1.04 bits per heavy atom. The summed E-state index contributed by atoms with van der Waals surface area (Å²) in [6.45, 7) is 0.683. The van der Waals surface area contributed by atoms with Crippen LogP contribution in [0.1, 0.15) is 12.0 Å². The molecule has 0 saturated carbocycles. The molecule has 4 nitrogen and oxygen atoms in total. The summed E-state index contributed by atoms with van der Waals surface area (Å²) >= 11 is 11.8. The van der Waals surface area contributed by atoms with Gasteiger partial charge in [-0.25, -0.2) is 0 Å². The summed E-state index contributed by atoms with van der Waals surface area (Å²) in [6.07, 6.45) is 0.574. The number of hydrogen-bond acceptors (Lipinski definition) is 3. The van der Waals surface area contributed by atoms with Crippen LogP contribution in [0.5, 0.6) is 11.5 Å². The molecule has 0 spiro atoms. The smallest absolute Gasteiger partial charge is 0.303 e. The van der Waals surface area contributed by atoms with Gasteiger partial charge in [-0.3, -0.25) is 4.79 Å². The maximum Gasteiger partial charge on any atom is 0.303 e. The van der Waals surface area contributed by atoms with Gasteiger partial charge in [-0.2, -0.15) is 0 Å². The van der Waals surface area contributed by atoms with Crippen LogP contribution in [0.3, 0.4) is 0 Å². The molecule has 0 unspecified atom stereocenters. The molecule has 2 rings (SSSR count). The van der Waals surface area contributed by atoms with Gasteiger partial charge < -0.3 is 14.6 Å². The van der Waals surface area contributed by atoms with Crippen LogP contribution in [0.4, 0.5) is 0 Å². The van der Waals surface area contributed by atoms with E-state index >= 15 is 0 Å². The first-order valence-corrected chi connectivity index (χ1v) is 7.81. The van der Waals surface area contributed by atoms with Gasteiger partial charge in [0, 0.05) is 11.4 Å². The Balaban J connectivity index is 1.79. The fourth-order valence-corrected chi connectivity index (χ4v) is 2.41. The zero-order chi connectivity index (χ0) is 16.7. The minimum Gasteiger partial charge on any atom is -0.490 e. The summed E-state index contributed by atoms with van der Waals surface area (Å²) in [7, 11) is 0. The molecule has 0 aromatic heterocycles. The Morgan fingerprint density at radius 3 is 2.57 bits per heavy atom. The van der Waals surface area contributed by atoms with Crippen molar-refractivity contribution in [1.82, 2.24) is 0 Å². The van der Waals surface area contributed by atoms with Gasteiger partial charge in [-0.15, -0.1) is 0 Å². The van der Waals surface area contributed by atoms with E-state index < -0.39 is 5.97 Å². The van der Waals surface area contributed by atoms with Gasteiger partial charge in [0.1, 0.15) is 24.7 Å². The molecule has 1 N–H and O–H groups in total. The van der Waals surface area contributed by atoms with E-state index in [4.69, 9.17) is 37.8 Å². The molecule has 0 aliphatic rings. The summed E-state index contributed by atoms with van der Waals surface area (Å²) in [4.78, 5) is 10.6. The van der Waals surface area contributed by atoms with Crippen LogP contribution in [0, 0.1) is 0 Å². The van der Waals surface area contributed by atoms with E-state index in [1.165, 1.54) is 0 Å². The third-order valence-electron chi connectivity index (χ3n) is 3.03. The molecule has 0 radical (unpaired) electrons. The molecule has 0 aliphatic carbocycles. The zero-order valence-electron chi connectivity index (χ0n) is 12.3. The van der Waals surface area contributed by atoms with E-state index in [1.54, 1.807) is 18.2 Å². The summed E-state index contributed by atoms with van der Waals surface area (Å²) < 4.78 is 11.1.